The number of rotatable bonds is 10. The van der Waals surface area contributed by atoms with Gasteiger partial charge in [0.05, 0.1) is 18.8 Å². The fourth-order valence-corrected chi connectivity index (χ4v) is 3.65. The van der Waals surface area contributed by atoms with Crippen molar-refractivity contribution in [2.75, 3.05) is 13.2 Å². The summed E-state index contributed by atoms with van der Waals surface area (Å²) in [6, 6.07) is 22.2. The Morgan fingerprint density at radius 2 is 1.19 bits per heavy atom. The summed E-state index contributed by atoms with van der Waals surface area (Å²) in [5, 5.41) is 0. The second kappa shape index (κ2) is 12.2. The van der Waals surface area contributed by atoms with Gasteiger partial charge in [0.15, 0.2) is 5.78 Å². The van der Waals surface area contributed by atoms with Crippen LogP contribution in [0.15, 0.2) is 72.8 Å². The first-order valence-electron chi connectivity index (χ1n) is 12.0. The zero-order chi connectivity index (χ0) is 26.1. The molecule has 3 aromatic carbocycles. The first-order valence-corrected chi connectivity index (χ1v) is 12.0. The second-order valence-corrected chi connectivity index (χ2v) is 9.19. The molecule has 36 heavy (non-hydrogen) atoms. The highest BCUT2D eigenvalue weighted by Crippen LogP contribution is 2.32. The normalized spacial score (nSPS) is 11.0. The van der Waals surface area contributed by atoms with Crippen molar-refractivity contribution < 1.29 is 28.6 Å². The van der Waals surface area contributed by atoms with E-state index in [0.717, 1.165) is 5.56 Å². The predicted octanol–water partition coefficient (Wildman–Crippen LogP) is 6.68. The molecule has 0 atom stereocenters. The van der Waals surface area contributed by atoms with Gasteiger partial charge in [-0.3, -0.25) is 4.79 Å². The van der Waals surface area contributed by atoms with E-state index in [4.69, 9.17) is 14.2 Å². The summed E-state index contributed by atoms with van der Waals surface area (Å²) in [6.45, 7) is 8.20. The van der Waals surface area contributed by atoms with Crippen LogP contribution < -0.4 is 4.74 Å². The third-order valence-corrected chi connectivity index (χ3v) is 6.07. The summed E-state index contributed by atoms with van der Waals surface area (Å²) in [6.07, 6.45) is 0.283. The van der Waals surface area contributed by atoms with Crippen LogP contribution in [0, 0.1) is 6.92 Å². The Morgan fingerprint density at radius 3 is 1.75 bits per heavy atom. The molecule has 188 valence electrons. The monoisotopic (exact) mass is 488 g/mol. The van der Waals surface area contributed by atoms with Crippen LogP contribution in [0.3, 0.4) is 0 Å². The minimum atomic E-state index is -0.775. The largest absolute Gasteiger partial charge is 0.513 e. The van der Waals surface area contributed by atoms with Gasteiger partial charge in [-0.05, 0) is 62.1 Å². The van der Waals surface area contributed by atoms with Crippen LogP contribution in [-0.4, -0.2) is 31.1 Å². The Labute approximate surface area is 212 Å². The lowest BCUT2D eigenvalue weighted by atomic mass is 9.78. The minimum Gasteiger partial charge on any atom is -0.462 e. The van der Waals surface area contributed by atoms with Gasteiger partial charge < -0.3 is 14.2 Å². The number of ether oxygens (including phenoxy) is 3. The number of aryl methyl sites for hydroxylation is 1. The molecule has 3 rings (SSSR count). The first kappa shape index (κ1) is 26.7. The van der Waals surface area contributed by atoms with Crippen LogP contribution in [-0.2, 0) is 14.9 Å². The maximum atomic E-state index is 12.0. The number of carbonyl (C=O) groups excluding carboxylic acids is 3. The van der Waals surface area contributed by atoms with E-state index in [9.17, 15) is 14.4 Å². The van der Waals surface area contributed by atoms with Gasteiger partial charge in [-0.25, -0.2) is 9.59 Å². The number of esters is 1. The molecule has 0 fully saturated rings. The summed E-state index contributed by atoms with van der Waals surface area (Å²) in [4.78, 5) is 35.3. The third kappa shape index (κ3) is 7.28. The van der Waals surface area contributed by atoms with E-state index in [2.05, 4.69) is 45.0 Å². The number of hydrogen-bond acceptors (Lipinski definition) is 6. The Morgan fingerprint density at radius 1 is 0.694 bits per heavy atom. The lowest BCUT2D eigenvalue weighted by Crippen LogP contribution is -2.19. The van der Waals surface area contributed by atoms with Crippen molar-refractivity contribution in [3.05, 3.63) is 101 Å². The van der Waals surface area contributed by atoms with Gasteiger partial charge in [-0.1, -0.05) is 67.9 Å². The average Bonchev–Trinajstić information content (AvgIpc) is 2.86. The van der Waals surface area contributed by atoms with E-state index < -0.39 is 12.1 Å². The summed E-state index contributed by atoms with van der Waals surface area (Å²) >= 11 is 0. The van der Waals surface area contributed by atoms with E-state index in [0.29, 0.717) is 29.7 Å². The summed E-state index contributed by atoms with van der Waals surface area (Å²) in [7, 11) is 0. The van der Waals surface area contributed by atoms with Crippen LogP contribution in [0.2, 0.25) is 0 Å². The van der Waals surface area contributed by atoms with Crippen LogP contribution in [0.25, 0.3) is 0 Å². The van der Waals surface area contributed by atoms with Gasteiger partial charge in [-0.2, -0.15) is 0 Å². The first-order chi connectivity index (χ1) is 17.2. The molecule has 0 bridgehead atoms. The number of ketones is 1. The fraction of sp³-hybridized carbons (Fsp3) is 0.300. The average molecular weight is 489 g/mol. The molecule has 0 amide bonds. The zero-order valence-electron chi connectivity index (χ0n) is 21.2. The Bertz CT molecular complexity index is 1180. The van der Waals surface area contributed by atoms with Crippen LogP contribution in [0.5, 0.6) is 5.75 Å². The molecule has 0 aliphatic carbocycles. The van der Waals surface area contributed by atoms with E-state index in [1.54, 1.807) is 36.4 Å². The second-order valence-electron chi connectivity index (χ2n) is 9.19. The smallest absolute Gasteiger partial charge is 0.462 e. The summed E-state index contributed by atoms with van der Waals surface area (Å²) in [5.41, 5.74) is 4.27. The number of carbonyl (C=O) groups is 3. The number of Topliss-reactive ketones (excluding diaryl/α,β-unsaturated/α-hetero) is 1. The molecule has 0 heterocycles. The van der Waals surface area contributed by atoms with Crippen molar-refractivity contribution in [1.82, 2.24) is 0 Å². The van der Waals surface area contributed by atoms with Gasteiger partial charge in [0.1, 0.15) is 5.75 Å². The number of unbranched alkanes of at least 4 members (excludes halogenated alkanes) is 1. The molecular weight excluding hydrogens is 456 g/mol. The minimum absolute atomic E-state index is 0.0625. The third-order valence-electron chi connectivity index (χ3n) is 6.07. The Balaban J connectivity index is 1.36. The van der Waals surface area contributed by atoms with Crippen molar-refractivity contribution in [1.29, 1.82) is 0 Å². The lowest BCUT2D eigenvalue weighted by molar-refractivity contribution is 0.0481. The zero-order valence-corrected chi connectivity index (χ0v) is 21.2. The lowest BCUT2D eigenvalue weighted by Gasteiger charge is -2.26. The molecule has 0 saturated heterocycles. The highest BCUT2D eigenvalue weighted by atomic mass is 16.7. The fourth-order valence-electron chi connectivity index (χ4n) is 3.65. The number of hydrogen-bond donors (Lipinski definition) is 0. The molecule has 0 aromatic heterocycles. The molecule has 0 unspecified atom stereocenters. The van der Waals surface area contributed by atoms with E-state index in [1.807, 2.05) is 12.1 Å². The van der Waals surface area contributed by atoms with Crippen molar-refractivity contribution >= 4 is 17.9 Å². The van der Waals surface area contributed by atoms with Gasteiger partial charge in [-0.15, -0.1) is 0 Å². The number of benzene rings is 3. The Hall–Kier alpha value is -3.93. The van der Waals surface area contributed by atoms with Crippen molar-refractivity contribution in [3.63, 3.8) is 0 Å². The van der Waals surface area contributed by atoms with Crippen molar-refractivity contribution in [2.24, 2.45) is 0 Å². The van der Waals surface area contributed by atoms with Gasteiger partial charge in [0, 0.05) is 11.0 Å². The molecule has 0 radical (unpaired) electrons. The highest BCUT2D eigenvalue weighted by molar-refractivity contribution is 5.96. The maximum absolute atomic E-state index is 12.0. The van der Waals surface area contributed by atoms with Crippen molar-refractivity contribution in [3.8, 4) is 5.75 Å². The standard InChI is InChI=1S/C30H32O6/c1-21-7-13-25(14-8-21)30(3,4)26-15-17-27(18-16-26)36-29(33)35-20-6-5-19-34-28(32)24-11-9-23(10-12-24)22(2)31/h7-18H,5-6,19-20H2,1-4H3. The van der Waals surface area contributed by atoms with E-state index in [-0.39, 0.29) is 24.4 Å². The topological polar surface area (TPSA) is 78.9 Å². The molecule has 3 aromatic rings. The summed E-state index contributed by atoms with van der Waals surface area (Å²) in [5.74, 6) is -0.111. The van der Waals surface area contributed by atoms with Crippen LogP contribution in [0.4, 0.5) is 4.79 Å². The van der Waals surface area contributed by atoms with Gasteiger partial charge >= 0.3 is 12.1 Å². The SMILES string of the molecule is CC(=O)c1ccc(C(=O)OCCCCOC(=O)Oc2ccc(C(C)(C)c3ccc(C)cc3)cc2)cc1. The molecule has 6 heteroatoms. The highest BCUT2D eigenvalue weighted by Gasteiger charge is 2.23. The molecule has 0 saturated carbocycles. The van der Waals surface area contributed by atoms with Gasteiger partial charge in [0.2, 0.25) is 0 Å². The van der Waals surface area contributed by atoms with E-state index in [1.165, 1.54) is 18.1 Å². The van der Waals surface area contributed by atoms with E-state index >= 15 is 0 Å². The molecule has 6 nitrogen and oxygen atoms in total. The predicted molar refractivity (Wildman–Crippen MR) is 138 cm³/mol. The maximum Gasteiger partial charge on any atom is 0.513 e. The molecular formula is C30H32O6. The molecule has 0 aliphatic rings. The molecule has 0 N–H and O–H groups in total. The van der Waals surface area contributed by atoms with Crippen LogP contribution in [0.1, 0.15) is 71.0 Å². The molecule has 0 aliphatic heterocycles. The van der Waals surface area contributed by atoms with Crippen LogP contribution >= 0.6 is 0 Å². The quantitative estimate of drug-likeness (QED) is 0.137. The summed E-state index contributed by atoms with van der Waals surface area (Å²) < 4.78 is 15.6. The van der Waals surface area contributed by atoms with Crippen molar-refractivity contribution in [2.45, 2.75) is 46.0 Å². The van der Waals surface area contributed by atoms with Gasteiger partial charge in [0.25, 0.3) is 0 Å². The Kier molecular flexibility index (Phi) is 9.01. The molecule has 0 spiro atoms.